The first kappa shape index (κ1) is 19.9. The Morgan fingerprint density at radius 1 is 1.14 bits per heavy atom. The average Bonchev–Trinajstić information content (AvgIpc) is 3.11. The van der Waals surface area contributed by atoms with E-state index in [1.54, 1.807) is 48.1 Å². The standard InChI is InChI=1S/C19H18ClN5O2S/c1-12(18(27)23-17-9-4-3-8-16(17)20)28-19-24-21-11-25(19)15-7-5-6-14(10-15)22-13(2)26/h3-12H,1-2H3,(H,22,26)(H,23,27). The summed E-state index contributed by atoms with van der Waals surface area (Å²) in [5, 5.41) is 14.2. The molecule has 2 N–H and O–H groups in total. The fourth-order valence-corrected chi connectivity index (χ4v) is 3.45. The molecule has 9 heteroatoms. The summed E-state index contributed by atoms with van der Waals surface area (Å²) in [7, 11) is 0. The Balaban J connectivity index is 1.74. The fourth-order valence-electron chi connectivity index (χ4n) is 2.43. The molecule has 2 amide bonds. The van der Waals surface area contributed by atoms with Crippen molar-refractivity contribution in [1.29, 1.82) is 0 Å². The maximum absolute atomic E-state index is 12.5. The largest absolute Gasteiger partial charge is 0.326 e. The van der Waals surface area contributed by atoms with Crippen molar-refractivity contribution >= 4 is 46.6 Å². The lowest BCUT2D eigenvalue weighted by atomic mass is 10.2. The second-order valence-corrected chi connectivity index (χ2v) is 7.66. The van der Waals surface area contributed by atoms with Crippen LogP contribution in [0.25, 0.3) is 5.69 Å². The molecular weight excluding hydrogens is 398 g/mol. The maximum atomic E-state index is 12.5. The van der Waals surface area contributed by atoms with E-state index in [-0.39, 0.29) is 11.8 Å². The molecule has 1 aromatic heterocycles. The number of para-hydroxylation sites is 1. The second-order valence-electron chi connectivity index (χ2n) is 5.94. The van der Waals surface area contributed by atoms with Gasteiger partial charge in [-0.05, 0) is 37.3 Å². The van der Waals surface area contributed by atoms with E-state index in [1.165, 1.54) is 18.7 Å². The van der Waals surface area contributed by atoms with Crippen LogP contribution in [-0.4, -0.2) is 31.8 Å². The van der Waals surface area contributed by atoms with Gasteiger partial charge in [0.05, 0.1) is 21.6 Å². The van der Waals surface area contributed by atoms with Gasteiger partial charge in [0.1, 0.15) is 6.33 Å². The molecule has 0 bridgehead atoms. The number of amides is 2. The number of nitrogens with one attached hydrogen (secondary N) is 2. The van der Waals surface area contributed by atoms with Crippen LogP contribution >= 0.6 is 23.4 Å². The first-order valence-electron chi connectivity index (χ1n) is 8.44. The number of aromatic nitrogens is 3. The molecule has 7 nitrogen and oxygen atoms in total. The molecule has 3 rings (SSSR count). The Bertz CT molecular complexity index is 1010. The lowest BCUT2D eigenvalue weighted by Gasteiger charge is -2.13. The number of carbonyl (C=O) groups excluding carboxylic acids is 2. The minimum atomic E-state index is -0.433. The van der Waals surface area contributed by atoms with Gasteiger partial charge in [-0.15, -0.1) is 10.2 Å². The van der Waals surface area contributed by atoms with Crippen LogP contribution in [0.2, 0.25) is 5.02 Å². The molecule has 0 fully saturated rings. The van der Waals surface area contributed by atoms with Crippen LogP contribution in [0.15, 0.2) is 60.0 Å². The lowest BCUT2D eigenvalue weighted by Crippen LogP contribution is -2.23. The van der Waals surface area contributed by atoms with Gasteiger partial charge in [-0.25, -0.2) is 0 Å². The minimum Gasteiger partial charge on any atom is -0.326 e. The van der Waals surface area contributed by atoms with E-state index in [9.17, 15) is 9.59 Å². The number of thioether (sulfide) groups is 1. The molecule has 0 aliphatic heterocycles. The molecule has 0 saturated heterocycles. The molecule has 1 atom stereocenters. The molecule has 0 spiro atoms. The summed E-state index contributed by atoms with van der Waals surface area (Å²) in [6.45, 7) is 3.23. The molecule has 0 radical (unpaired) electrons. The van der Waals surface area contributed by atoms with E-state index < -0.39 is 5.25 Å². The number of hydrogen-bond donors (Lipinski definition) is 2. The molecule has 2 aromatic carbocycles. The van der Waals surface area contributed by atoms with Gasteiger partial charge < -0.3 is 10.6 Å². The van der Waals surface area contributed by atoms with Crippen LogP contribution in [0.4, 0.5) is 11.4 Å². The van der Waals surface area contributed by atoms with E-state index in [0.717, 1.165) is 5.69 Å². The van der Waals surface area contributed by atoms with E-state index in [4.69, 9.17) is 11.6 Å². The Kier molecular flexibility index (Phi) is 6.33. The van der Waals surface area contributed by atoms with Crippen molar-refractivity contribution in [3.05, 3.63) is 59.9 Å². The zero-order valence-electron chi connectivity index (χ0n) is 15.2. The summed E-state index contributed by atoms with van der Waals surface area (Å²) >= 11 is 7.37. The third kappa shape index (κ3) is 4.90. The summed E-state index contributed by atoms with van der Waals surface area (Å²) in [5.74, 6) is -0.347. The van der Waals surface area contributed by atoms with Gasteiger partial charge in [0, 0.05) is 12.6 Å². The molecule has 144 valence electrons. The van der Waals surface area contributed by atoms with E-state index in [0.29, 0.717) is 21.6 Å². The van der Waals surface area contributed by atoms with Gasteiger partial charge in [0.2, 0.25) is 11.8 Å². The van der Waals surface area contributed by atoms with E-state index >= 15 is 0 Å². The normalized spacial score (nSPS) is 11.7. The lowest BCUT2D eigenvalue weighted by molar-refractivity contribution is -0.115. The van der Waals surface area contributed by atoms with Crippen molar-refractivity contribution in [3.63, 3.8) is 0 Å². The summed E-state index contributed by atoms with van der Waals surface area (Å²) in [4.78, 5) is 23.8. The Labute approximate surface area is 171 Å². The monoisotopic (exact) mass is 415 g/mol. The quantitative estimate of drug-likeness (QED) is 0.594. The van der Waals surface area contributed by atoms with Crippen LogP contribution < -0.4 is 10.6 Å². The molecular formula is C19H18ClN5O2S. The first-order chi connectivity index (χ1) is 13.4. The number of carbonyl (C=O) groups is 2. The topological polar surface area (TPSA) is 88.9 Å². The highest BCUT2D eigenvalue weighted by Crippen LogP contribution is 2.27. The zero-order valence-corrected chi connectivity index (χ0v) is 16.8. The van der Waals surface area contributed by atoms with Gasteiger partial charge in [-0.1, -0.05) is 41.6 Å². The van der Waals surface area contributed by atoms with Crippen molar-refractivity contribution in [2.24, 2.45) is 0 Å². The minimum absolute atomic E-state index is 0.152. The number of halogens is 1. The zero-order chi connectivity index (χ0) is 20.1. The van der Waals surface area contributed by atoms with Gasteiger partial charge >= 0.3 is 0 Å². The van der Waals surface area contributed by atoms with Gasteiger partial charge in [-0.3, -0.25) is 14.2 Å². The van der Waals surface area contributed by atoms with Crippen molar-refractivity contribution in [2.45, 2.75) is 24.3 Å². The second kappa shape index (κ2) is 8.90. The van der Waals surface area contributed by atoms with Crippen molar-refractivity contribution in [3.8, 4) is 5.69 Å². The smallest absolute Gasteiger partial charge is 0.237 e. The van der Waals surface area contributed by atoms with Crippen LogP contribution in [0.5, 0.6) is 0 Å². The molecule has 0 aliphatic rings. The highest BCUT2D eigenvalue weighted by molar-refractivity contribution is 8.00. The highest BCUT2D eigenvalue weighted by Gasteiger charge is 2.19. The van der Waals surface area contributed by atoms with E-state index in [1.807, 2.05) is 18.2 Å². The van der Waals surface area contributed by atoms with Crippen molar-refractivity contribution in [2.75, 3.05) is 10.6 Å². The molecule has 1 heterocycles. The third-order valence-electron chi connectivity index (χ3n) is 3.74. The number of benzene rings is 2. The predicted molar refractivity (Wildman–Crippen MR) is 111 cm³/mol. The third-order valence-corrected chi connectivity index (χ3v) is 5.13. The molecule has 28 heavy (non-hydrogen) atoms. The summed E-state index contributed by atoms with van der Waals surface area (Å²) < 4.78 is 1.76. The highest BCUT2D eigenvalue weighted by atomic mass is 35.5. The summed E-state index contributed by atoms with van der Waals surface area (Å²) in [6, 6.07) is 14.4. The number of hydrogen-bond acceptors (Lipinski definition) is 5. The van der Waals surface area contributed by atoms with E-state index in [2.05, 4.69) is 20.8 Å². The van der Waals surface area contributed by atoms with Crippen LogP contribution in [0.3, 0.4) is 0 Å². The summed E-state index contributed by atoms with van der Waals surface area (Å²) in [6.07, 6.45) is 1.56. The van der Waals surface area contributed by atoms with Gasteiger partial charge in [-0.2, -0.15) is 0 Å². The van der Waals surface area contributed by atoms with Crippen molar-refractivity contribution in [1.82, 2.24) is 14.8 Å². The molecule has 1 unspecified atom stereocenters. The average molecular weight is 416 g/mol. The van der Waals surface area contributed by atoms with Crippen LogP contribution in [-0.2, 0) is 9.59 Å². The number of anilines is 2. The van der Waals surface area contributed by atoms with Gasteiger partial charge in [0.15, 0.2) is 5.16 Å². The first-order valence-corrected chi connectivity index (χ1v) is 9.70. The fraction of sp³-hybridized carbons (Fsp3) is 0.158. The van der Waals surface area contributed by atoms with Crippen molar-refractivity contribution < 1.29 is 9.59 Å². The van der Waals surface area contributed by atoms with Gasteiger partial charge in [0.25, 0.3) is 0 Å². The number of rotatable bonds is 6. The Morgan fingerprint density at radius 2 is 1.93 bits per heavy atom. The maximum Gasteiger partial charge on any atom is 0.237 e. The Morgan fingerprint density at radius 3 is 2.68 bits per heavy atom. The number of nitrogens with zero attached hydrogens (tertiary/aromatic N) is 3. The Hall–Kier alpha value is -2.84. The van der Waals surface area contributed by atoms with Crippen LogP contribution in [0.1, 0.15) is 13.8 Å². The predicted octanol–water partition coefficient (Wildman–Crippen LogP) is 4.00. The summed E-state index contributed by atoms with van der Waals surface area (Å²) in [5.41, 5.74) is 2.00. The molecule has 0 aliphatic carbocycles. The molecule has 3 aromatic rings. The SMILES string of the molecule is CC(=O)Nc1cccc(-n2cnnc2SC(C)C(=O)Nc2ccccc2Cl)c1. The molecule has 0 saturated carbocycles. The van der Waals surface area contributed by atoms with Crippen LogP contribution in [0, 0.1) is 0 Å².